The zero-order valence-corrected chi connectivity index (χ0v) is 20.6. The van der Waals surface area contributed by atoms with Crippen molar-refractivity contribution in [2.75, 3.05) is 0 Å². The molecule has 1 heteroatoms. The fraction of sp³-hybridized carbons (Fsp3) is 0.571. The van der Waals surface area contributed by atoms with E-state index in [-0.39, 0.29) is 0 Å². The molecular weight excluding hydrogens is 352 g/mol. The number of hydrogen-bond donors (Lipinski definition) is 1. The minimum absolute atomic E-state index is 0.323. The van der Waals surface area contributed by atoms with Gasteiger partial charge in [-0.2, -0.15) is 0 Å². The summed E-state index contributed by atoms with van der Waals surface area (Å²) < 4.78 is 0. The lowest BCUT2D eigenvalue weighted by molar-refractivity contribution is 0.452. The average Bonchev–Trinajstić information content (AvgIpc) is 2.64. The number of rotatable bonds is 7. The number of benzene rings is 2. The van der Waals surface area contributed by atoms with Crippen LogP contribution in [0.5, 0.6) is 5.75 Å². The molecule has 0 aliphatic heterocycles. The van der Waals surface area contributed by atoms with E-state index in [1.165, 1.54) is 22.3 Å². The van der Waals surface area contributed by atoms with Gasteiger partial charge >= 0.3 is 0 Å². The Labute approximate surface area is 180 Å². The maximum atomic E-state index is 10.7. The van der Waals surface area contributed by atoms with Crippen molar-refractivity contribution in [2.45, 2.75) is 99.8 Å². The van der Waals surface area contributed by atoms with Gasteiger partial charge in [-0.05, 0) is 69.9 Å². The molecule has 2 rings (SSSR count). The van der Waals surface area contributed by atoms with Crippen LogP contribution in [0.1, 0.15) is 120 Å². The van der Waals surface area contributed by atoms with Gasteiger partial charge in [0, 0.05) is 0 Å². The Morgan fingerprint density at radius 3 is 1.55 bits per heavy atom. The Hall–Kier alpha value is -1.76. The highest BCUT2D eigenvalue weighted by Gasteiger charge is 2.15. The molecule has 0 aromatic heterocycles. The molecule has 0 aliphatic carbocycles. The predicted molar refractivity (Wildman–Crippen MR) is 130 cm³/mol. The first-order valence-corrected chi connectivity index (χ1v) is 11.6. The number of phenolic OH excluding ortho intramolecular Hbond substituents is 1. The van der Waals surface area contributed by atoms with Crippen LogP contribution in [-0.2, 0) is 12.8 Å². The van der Waals surface area contributed by atoms with Crippen LogP contribution in [0, 0.1) is 5.92 Å². The smallest absolute Gasteiger partial charge is 0.122 e. The van der Waals surface area contributed by atoms with Gasteiger partial charge in [-0.15, -0.1) is 0 Å². The van der Waals surface area contributed by atoms with Crippen LogP contribution in [0.2, 0.25) is 0 Å². The zero-order valence-electron chi connectivity index (χ0n) is 20.6. The normalized spacial score (nSPS) is 11.4. The van der Waals surface area contributed by atoms with Crippen molar-refractivity contribution in [3.05, 3.63) is 63.7 Å². The molecule has 0 heterocycles. The third-order valence-corrected chi connectivity index (χ3v) is 5.31. The van der Waals surface area contributed by atoms with Crippen molar-refractivity contribution in [2.24, 2.45) is 5.92 Å². The first-order valence-electron chi connectivity index (χ1n) is 11.6. The van der Waals surface area contributed by atoms with Gasteiger partial charge in [-0.1, -0.05) is 99.6 Å². The van der Waals surface area contributed by atoms with Gasteiger partial charge in [0.15, 0.2) is 0 Å². The highest BCUT2D eigenvalue weighted by atomic mass is 16.3. The second-order valence-electron chi connectivity index (χ2n) is 9.44. The minimum atomic E-state index is 0.323. The maximum Gasteiger partial charge on any atom is 0.122 e. The second-order valence-corrected chi connectivity index (χ2v) is 9.44. The quantitative estimate of drug-likeness (QED) is 0.497. The van der Waals surface area contributed by atoms with Crippen LogP contribution >= 0.6 is 0 Å². The van der Waals surface area contributed by atoms with Crippen molar-refractivity contribution in [3.8, 4) is 5.75 Å². The Kier molecular flexibility index (Phi) is 9.96. The molecule has 0 unspecified atom stereocenters. The lowest BCUT2D eigenvalue weighted by atomic mass is 9.88. The molecule has 0 spiro atoms. The van der Waals surface area contributed by atoms with Crippen LogP contribution in [0.3, 0.4) is 0 Å². The van der Waals surface area contributed by atoms with Gasteiger partial charge in [0.25, 0.3) is 0 Å². The highest BCUT2D eigenvalue weighted by molar-refractivity contribution is 5.47. The molecule has 0 amide bonds. The minimum Gasteiger partial charge on any atom is -0.507 e. The Morgan fingerprint density at radius 2 is 1.14 bits per heavy atom. The molecule has 2 aromatic rings. The molecule has 1 N–H and O–H groups in total. The average molecular weight is 397 g/mol. The molecular formula is C28H44O. The predicted octanol–water partition coefficient (Wildman–Crippen LogP) is 8.58. The summed E-state index contributed by atoms with van der Waals surface area (Å²) in [5, 5.41) is 10.7. The summed E-state index contributed by atoms with van der Waals surface area (Å²) in [6.07, 6.45) is 1.84. The topological polar surface area (TPSA) is 20.2 Å². The van der Waals surface area contributed by atoms with E-state index < -0.39 is 0 Å². The lowest BCUT2D eigenvalue weighted by Gasteiger charge is -2.18. The lowest BCUT2D eigenvalue weighted by Crippen LogP contribution is -2.02. The maximum absolute atomic E-state index is 10.7. The van der Waals surface area contributed by atoms with E-state index in [9.17, 15) is 5.11 Å². The third-order valence-electron chi connectivity index (χ3n) is 5.31. The van der Waals surface area contributed by atoms with E-state index in [0.29, 0.717) is 29.4 Å². The third kappa shape index (κ3) is 7.21. The van der Waals surface area contributed by atoms with Crippen LogP contribution in [-0.4, -0.2) is 5.11 Å². The van der Waals surface area contributed by atoms with Gasteiger partial charge < -0.3 is 5.11 Å². The van der Waals surface area contributed by atoms with Crippen molar-refractivity contribution in [1.29, 1.82) is 0 Å². The summed E-state index contributed by atoms with van der Waals surface area (Å²) >= 11 is 0. The van der Waals surface area contributed by atoms with Crippen LogP contribution < -0.4 is 0 Å². The number of phenols is 1. The molecule has 0 saturated carbocycles. The number of aromatic hydroxyl groups is 1. The molecule has 0 atom stereocenters. The zero-order chi connectivity index (χ0) is 22.3. The van der Waals surface area contributed by atoms with Gasteiger partial charge in [0.1, 0.15) is 5.75 Å². The van der Waals surface area contributed by atoms with Crippen LogP contribution in [0.25, 0.3) is 0 Å². The molecule has 162 valence electrons. The van der Waals surface area contributed by atoms with Crippen LogP contribution in [0.15, 0.2) is 30.3 Å². The van der Waals surface area contributed by atoms with Gasteiger partial charge in [0.2, 0.25) is 0 Å². The standard InChI is InChI=1S/C26H38O.C2H6/c1-16(2)9-24-13-21(14-25(19(7)8)26(24)27)10-20-11-22(17(3)4)15-23(12-20)18(5)6;1-2/h11-19,27H,9-10H2,1-8H3;1-2H3. The van der Waals surface area contributed by atoms with E-state index in [4.69, 9.17) is 0 Å². The van der Waals surface area contributed by atoms with E-state index in [1.54, 1.807) is 0 Å². The number of hydrogen-bond acceptors (Lipinski definition) is 1. The fourth-order valence-corrected chi connectivity index (χ4v) is 3.67. The molecule has 0 aliphatic rings. The van der Waals surface area contributed by atoms with Gasteiger partial charge in [-0.3, -0.25) is 0 Å². The van der Waals surface area contributed by atoms with E-state index in [0.717, 1.165) is 24.0 Å². The summed E-state index contributed by atoms with van der Waals surface area (Å²) in [6, 6.07) is 11.5. The van der Waals surface area contributed by atoms with Crippen molar-refractivity contribution in [3.63, 3.8) is 0 Å². The Balaban J connectivity index is 0.00000204. The molecule has 0 radical (unpaired) electrons. The summed E-state index contributed by atoms with van der Waals surface area (Å²) in [4.78, 5) is 0. The first kappa shape index (κ1) is 25.3. The van der Waals surface area contributed by atoms with Gasteiger partial charge in [-0.25, -0.2) is 0 Å². The highest BCUT2D eigenvalue weighted by Crippen LogP contribution is 2.33. The van der Waals surface area contributed by atoms with Gasteiger partial charge in [0.05, 0.1) is 0 Å². The molecule has 0 saturated heterocycles. The molecule has 1 nitrogen and oxygen atoms in total. The van der Waals surface area contributed by atoms with Crippen molar-refractivity contribution in [1.82, 2.24) is 0 Å². The second kappa shape index (κ2) is 11.4. The SMILES string of the molecule is CC.CC(C)Cc1cc(Cc2cc(C(C)C)cc(C(C)C)c2)cc(C(C)C)c1O. The molecule has 29 heavy (non-hydrogen) atoms. The Morgan fingerprint density at radius 1 is 0.655 bits per heavy atom. The van der Waals surface area contributed by atoms with Crippen molar-refractivity contribution >= 4 is 0 Å². The van der Waals surface area contributed by atoms with Crippen molar-refractivity contribution < 1.29 is 5.11 Å². The summed E-state index contributed by atoms with van der Waals surface area (Å²) in [7, 11) is 0. The summed E-state index contributed by atoms with van der Waals surface area (Å²) in [5.74, 6) is 2.42. The molecule has 0 bridgehead atoms. The largest absolute Gasteiger partial charge is 0.507 e. The Bertz CT molecular complexity index is 740. The fourth-order valence-electron chi connectivity index (χ4n) is 3.67. The van der Waals surface area contributed by atoms with E-state index in [1.807, 2.05) is 13.8 Å². The molecule has 0 fully saturated rings. The summed E-state index contributed by atoms with van der Waals surface area (Å²) in [5.41, 5.74) is 7.69. The molecule has 2 aromatic carbocycles. The first-order chi connectivity index (χ1) is 13.6. The van der Waals surface area contributed by atoms with E-state index in [2.05, 4.69) is 85.7 Å². The van der Waals surface area contributed by atoms with E-state index >= 15 is 0 Å². The summed E-state index contributed by atoms with van der Waals surface area (Å²) in [6.45, 7) is 21.8. The monoisotopic (exact) mass is 396 g/mol. The van der Waals surface area contributed by atoms with Crippen LogP contribution in [0.4, 0.5) is 0 Å².